The van der Waals surface area contributed by atoms with E-state index in [-0.39, 0.29) is 5.91 Å². The third-order valence-corrected chi connectivity index (χ3v) is 2.38. The molecule has 0 radical (unpaired) electrons. The summed E-state index contributed by atoms with van der Waals surface area (Å²) in [5.41, 5.74) is 6.31. The Morgan fingerprint density at radius 1 is 1.86 bits per heavy atom. The summed E-state index contributed by atoms with van der Waals surface area (Å²) in [7, 11) is 0. The van der Waals surface area contributed by atoms with E-state index in [4.69, 9.17) is 5.73 Å². The molecule has 0 saturated carbocycles. The fraction of sp³-hybridized carbons (Fsp3) is 0.500. The van der Waals surface area contributed by atoms with E-state index in [9.17, 15) is 4.79 Å². The summed E-state index contributed by atoms with van der Waals surface area (Å²) < 4.78 is 0. The molecule has 4 N–H and O–H groups in total. The number of aromatic nitrogens is 2. The van der Waals surface area contributed by atoms with E-state index < -0.39 is 6.04 Å². The Hall–Kier alpha value is -1.01. The highest BCUT2D eigenvalue weighted by Gasteiger charge is 2.12. The summed E-state index contributed by atoms with van der Waals surface area (Å²) >= 11 is 1.68. The average Bonchev–Trinajstić information content (AvgIpc) is 2.66. The van der Waals surface area contributed by atoms with Gasteiger partial charge in [-0.05, 0) is 18.4 Å². The molecule has 14 heavy (non-hydrogen) atoms. The maximum Gasteiger partial charge on any atom is 0.241 e. The normalized spacial score (nSPS) is 12.4. The summed E-state index contributed by atoms with van der Waals surface area (Å²) in [4.78, 5) is 11.4. The Morgan fingerprint density at radius 3 is 3.21 bits per heavy atom. The number of nitrogens with zero attached hydrogens (tertiary/aromatic N) is 1. The summed E-state index contributed by atoms with van der Waals surface area (Å²) in [6.07, 6.45) is 5.82. The number of nitrogens with two attached hydrogens (primary N) is 1. The Bertz CT molecular complexity index is 275. The Balaban J connectivity index is 2.34. The van der Waals surface area contributed by atoms with Gasteiger partial charge in [-0.15, -0.1) is 0 Å². The van der Waals surface area contributed by atoms with Gasteiger partial charge in [0.1, 0.15) is 0 Å². The molecule has 0 fully saturated rings. The molecular weight excluding hydrogens is 200 g/mol. The highest BCUT2D eigenvalue weighted by Crippen LogP contribution is 2.04. The highest BCUT2D eigenvalue weighted by atomic mass is 32.2. The molecular formula is C8H14N4OS. The fourth-order valence-corrected chi connectivity index (χ4v) is 1.42. The molecule has 1 heterocycles. The van der Waals surface area contributed by atoms with Crippen LogP contribution in [0.25, 0.3) is 0 Å². The number of hydrogen-bond acceptors (Lipinski definition) is 4. The third kappa shape index (κ3) is 3.39. The van der Waals surface area contributed by atoms with Crippen LogP contribution in [0.3, 0.4) is 0 Å². The molecule has 1 amide bonds. The first kappa shape index (κ1) is 11.1. The van der Waals surface area contributed by atoms with Gasteiger partial charge in [0.25, 0.3) is 0 Å². The molecule has 0 aromatic carbocycles. The average molecular weight is 214 g/mol. The van der Waals surface area contributed by atoms with Crippen molar-refractivity contribution in [2.24, 2.45) is 5.73 Å². The zero-order chi connectivity index (χ0) is 10.4. The van der Waals surface area contributed by atoms with Crippen LogP contribution in [0.1, 0.15) is 6.42 Å². The van der Waals surface area contributed by atoms with Gasteiger partial charge in [-0.3, -0.25) is 9.89 Å². The summed E-state index contributed by atoms with van der Waals surface area (Å²) in [6.45, 7) is 0. The molecule has 1 aromatic heterocycles. The van der Waals surface area contributed by atoms with E-state index in [1.54, 1.807) is 24.2 Å². The lowest BCUT2D eigenvalue weighted by Crippen LogP contribution is -2.35. The third-order valence-electron chi connectivity index (χ3n) is 1.74. The van der Waals surface area contributed by atoms with Gasteiger partial charge < -0.3 is 11.1 Å². The maximum atomic E-state index is 11.4. The molecule has 0 aliphatic heterocycles. The van der Waals surface area contributed by atoms with Crippen LogP contribution in [0, 0.1) is 0 Å². The molecule has 0 bridgehead atoms. The van der Waals surface area contributed by atoms with E-state index in [1.807, 2.05) is 6.26 Å². The number of aromatic amines is 1. The lowest BCUT2D eigenvalue weighted by Gasteiger charge is -2.09. The fourth-order valence-electron chi connectivity index (χ4n) is 0.930. The van der Waals surface area contributed by atoms with Gasteiger partial charge in [0.2, 0.25) is 5.91 Å². The number of thioether (sulfide) groups is 1. The van der Waals surface area contributed by atoms with E-state index in [2.05, 4.69) is 15.5 Å². The number of H-pyrrole nitrogens is 1. The molecule has 78 valence electrons. The van der Waals surface area contributed by atoms with Crippen LogP contribution in [0.5, 0.6) is 0 Å². The first-order valence-corrected chi connectivity index (χ1v) is 5.67. The SMILES string of the molecule is CSCC[C@H](N)C(=O)Nc1cn[nH]c1. The minimum absolute atomic E-state index is 0.166. The van der Waals surface area contributed by atoms with Crippen molar-refractivity contribution < 1.29 is 4.79 Å². The Labute approximate surface area is 86.8 Å². The first-order chi connectivity index (χ1) is 6.74. The second-order valence-corrected chi connectivity index (χ2v) is 3.85. The predicted molar refractivity (Wildman–Crippen MR) is 58.2 cm³/mol. The summed E-state index contributed by atoms with van der Waals surface area (Å²) in [5.74, 6) is 0.723. The smallest absolute Gasteiger partial charge is 0.241 e. The van der Waals surface area contributed by atoms with Crippen molar-refractivity contribution in [1.29, 1.82) is 0 Å². The monoisotopic (exact) mass is 214 g/mol. The number of hydrogen-bond donors (Lipinski definition) is 3. The number of carbonyl (C=O) groups excluding carboxylic acids is 1. The predicted octanol–water partition coefficient (Wildman–Crippen LogP) is 0.429. The van der Waals surface area contributed by atoms with Crippen LogP contribution in [-0.2, 0) is 4.79 Å². The van der Waals surface area contributed by atoms with Crippen LogP contribution < -0.4 is 11.1 Å². The lowest BCUT2D eigenvalue weighted by molar-refractivity contribution is -0.117. The molecule has 5 nitrogen and oxygen atoms in total. The molecule has 0 unspecified atom stereocenters. The molecule has 1 aromatic rings. The number of carbonyl (C=O) groups is 1. The lowest BCUT2D eigenvalue weighted by atomic mass is 10.2. The maximum absolute atomic E-state index is 11.4. The van der Waals surface area contributed by atoms with Crippen molar-refractivity contribution in [2.45, 2.75) is 12.5 Å². The molecule has 0 spiro atoms. The second-order valence-electron chi connectivity index (χ2n) is 2.86. The molecule has 1 rings (SSSR count). The standard InChI is InChI=1S/C8H14N4OS/c1-14-3-2-7(9)8(13)12-6-4-10-11-5-6/h4-5,7H,2-3,9H2,1H3,(H,10,11)(H,12,13)/t7-/m0/s1. The Kier molecular flexibility index (Phi) is 4.48. The van der Waals surface area contributed by atoms with Gasteiger partial charge in [-0.25, -0.2) is 0 Å². The van der Waals surface area contributed by atoms with Crippen LogP contribution >= 0.6 is 11.8 Å². The van der Waals surface area contributed by atoms with Gasteiger partial charge in [0.05, 0.1) is 17.9 Å². The van der Waals surface area contributed by atoms with Gasteiger partial charge >= 0.3 is 0 Å². The van der Waals surface area contributed by atoms with E-state index in [1.165, 1.54) is 0 Å². The van der Waals surface area contributed by atoms with Gasteiger partial charge in [0.15, 0.2) is 0 Å². The molecule has 6 heteroatoms. The topological polar surface area (TPSA) is 83.8 Å². The van der Waals surface area contributed by atoms with Gasteiger partial charge in [-0.1, -0.05) is 0 Å². The number of nitrogens with one attached hydrogen (secondary N) is 2. The Morgan fingerprint density at radius 2 is 2.64 bits per heavy atom. The van der Waals surface area contributed by atoms with Crippen LogP contribution in [0.4, 0.5) is 5.69 Å². The molecule has 0 aliphatic rings. The van der Waals surface area contributed by atoms with Gasteiger partial charge in [-0.2, -0.15) is 16.9 Å². The zero-order valence-electron chi connectivity index (χ0n) is 7.99. The molecule has 0 saturated heterocycles. The first-order valence-electron chi connectivity index (χ1n) is 4.28. The number of anilines is 1. The minimum atomic E-state index is -0.447. The van der Waals surface area contributed by atoms with Crippen molar-refractivity contribution >= 4 is 23.4 Å². The molecule has 1 atom stereocenters. The quantitative estimate of drug-likeness (QED) is 0.663. The highest BCUT2D eigenvalue weighted by molar-refractivity contribution is 7.98. The zero-order valence-corrected chi connectivity index (χ0v) is 8.80. The van der Waals surface area contributed by atoms with Crippen molar-refractivity contribution in [3.8, 4) is 0 Å². The van der Waals surface area contributed by atoms with Crippen LogP contribution in [0.15, 0.2) is 12.4 Å². The van der Waals surface area contributed by atoms with Crippen molar-refractivity contribution in [1.82, 2.24) is 10.2 Å². The van der Waals surface area contributed by atoms with Crippen molar-refractivity contribution in [2.75, 3.05) is 17.3 Å². The largest absolute Gasteiger partial charge is 0.322 e. The van der Waals surface area contributed by atoms with Gasteiger partial charge in [0, 0.05) is 6.20 Å². The molecule has 0 aliphatic carbocycles. The second kappa shape index (κ2) is 5.66. The number of amides is 1. The minimum Gasteiger partial charge on any atom is -0.322 e. The van der Waals surface area contributed by atoms with E-state index >= 15 is 0 Å². The van der Waals surface area contributed by atoms with E-state index in [0.717, 1.165) is 5.75 Å². The van der Waals surface area contributed by atoms with Crippen molar-refractivity contribution in [3.05, 3.63) is 12.4 Å². The number of rotatable bonds is 5. The summed E-state index contributed by atoms with van der Waals surface area (Å²) in [5, 5.41) is 8.98. The van der Waals surface area contributed by atoms with Crippen molar-refractivity contribution in [3.63, 3.8) is 0 Å². The van der Waals surface area contributed by atoms with Crippen LogP contribution in [0.2, 0.25) is 0 Å². The van der Waals surface area contributed by atoms with Crippen LogP contribution in [-0.4, -0.2) is 34.2 Å². The summed E-state index contributed by atoms with van der Waals surface area (Å²) in [6, 6.07) is -0.447. The van der Waals surface area contributed by atoms with E-state index in [0.29, 0.717) is 12.1 Å².